The minimum Gasteiger partial charge on any atom is -0.339 e. The van der Waals surface area contributed by atoms with Crippen LogP contribution in [0.2, 0.25) is 0 Å². The molecule has 0 unspecified atom stereocenters. The predicted molar refractivity (Wildman–Crippen MR) is 96.7 cm³/mol. The van der Waals surface area contributed by atoms with Gasteiger partial charge >= 0.3 is 0 Å². The van der Waals surface area contributed by atoms with Crippen molar-refractivity contribution in [3.63, 3.8) is 0 Å². The van der Waals surface area contributed by atoms with Crippen LogP contribution in [0.1, 0.15) is 23.2 Å². The first-order valence-corrected chi connectivity index (χ1v) is 10.0. The zero-order valence-corrected chi connectivity index (χ0v) is 15.1. The number of piperidine rings is 1. The third kappa shape index (κ3) is 4.28. The lowest BCUT2D eigenvalue weighted by Crippen LogP contribution is -2.41. The van der Waals surface area contributed by atoms with Crippen molar-refractivity contribution in [3.05, 3.63) is 66.0 Å². The Morgan fingerprint density at radius 1 is 1.04 bits per heavy atom. The molecule has 1 aliphatic rings. The summed E-state index contributed by atoms with van der Waals surface area (Å²) in [5, 5.41) is 0. The summed E-state index contributed by atoms with van der Waals surface area (Å²) < 4.78 is 40.9. The quantitative estimate of drug-likeness (QED) is 0.872. The minimum atomic E-state index is -3.52. The average molecular weight is 376 g/mol. The smallest absolute Gasteiger partial charge is 0.256 e. The van der Waals surface area contributed by atoms with Crippen LogP contribution in [0.5, 0.6) is 0 Å². The highest BCUT2D eigenvalue weighted by Gasteiger charge is 2.26. The summed E-state index contributed by atoms with van der Waals surface area (Å²) in [7, 11) is -3.52. The fourth-order valence-corrected chi connectivity index (χ4v) is 4.19. The Hall–Kier alpha value is -2.25. The third-order valence-electron chi connectivity index (χ3n) is 4.62. The highest BCUT2D eigenvalue weighted by Crippen LogP contribution is 2.20. The van der Waals surface area contributed by atoms with Crippen LogP contribution in [-0.2, 0) is 10.0 Å². The Balaban J connectivity index is 1.53. The fraction of sp³-hybridized carbons (Fsp3) is 0.316. The summed E-state index contributed by atoms with van der Waals surface area (Å²) in [4.78, 5) is 14.3. The van der Waals surface area contributed by atoms with E-state index in [1.54, 1.807) is 47.4 Å². The molecule has 1 N–H and O–H groups in total. The Labute approximate surface area is 152 Å². The lowest BCUT2D eigenvalue weighted by molar-refractivity contribution is 0.0687. The van der Waals surface area contributed by atoms with Crippen LogP contribution >= 0.6 is 0 Å². The summed E-state index contributed by atoms with van der Waals surface area (Å²) in [5.41, 5.74) is 0.0794. The molecule has 0 aliphatic carbocycles. The van der Waals surface area contributed by atoms with Gasteiger partial charge in [0.1, 0.15) is 5.82 Å². The van der Waals surface area contributed by atoms with Gasteiger partial charge in [-0.3, -0.25) is 4.79 Å². The van der Waals surface area contributed by atoms with Gasteiger partial charge in [-0.1, -0.05) is 30.3 Å². The Bertz CT molecular complexity index is 863. The number of rotatable bonds is 5. The molecule has 1 saturated heterocycles. The molecule has 1 fully saturated rings. The zero-order chi connectivity index (χ0) is 18.6. The molecular formula is C19H21FN2O3S. The SMILES string of the molecule is O=C(c1ccccc1F)N1CCC(CNS(=O)(=O)c2ccccc2)CC1. The van der Waals surface area contributed by atoms with E-state index in [0.29, 0.717) is 32.5 Å². The predicted octanol–water partition coefficient (Wildman–Crippen LogP) is 2.66. The van der Waals surface area contributed by atoms with Crippen LogP contribution < -0.4 is 4.72 Å². The zero-order valence-electron chi connectivity index (χ0n) is 14.3. The molecule has 7 heteroatoms. The van der Waals surface area contributed by atoms with E-state index in [2.05, 4.69) is 4.72 Å². The lowest BCUT2D eigenvalue weighted by Gasteiger charge is -2.32. The van der Waals surface area contributed by atoms with E-state index in [9.17, 15) is 17.6 Å². The van der Waals surface area contributed by atoms with Gasteiger partial charge in [-0.25, -0.2) is 17.5 Å². The van der Waals surface area contributed by atoms with E-state index in [4.69, 9.17) is 0 Å². The number of carbonyl (C=O) groups excluding carboxylic acids is 1. The Kier molecular flexibility index (Phi) is 5.68. The molecule has 0 saturated carbocycles. The number of carbonyl (C=O) groups is 1. The molecule has 2 aromatic rings. The van der Waals surface area contributed by atoms with Crippen LogP contribution in [0.3, 0.4) is 0 Å². The van der Waals surface area contributed by atoms with Crippen molar-refractivity contribution in [1.29, 1.82) is 0 Å². The topological polar surface area (TPSA) is 66.5 Å². The molecule has 1 heterocycles. The molecule has 0 aromatic heterocycles. The molecule has 0 radical (unpaired) electrons. The first kappa shape index (κ1) is 18.5. The van der Waals surface area contributed by atoms with Gasteiger partial charge < -0.3 is 4.90 Å². The van der Waals surface area contributed by atoms with Gasteiger partial charge in [0.05, 0.1) is 10.5 Å². The second-order valence-electron chi connectivity index (χ2n) is 6.38. The van der Waals surface area contributed by atoms with Crippen molar-refractivity contribution >= 4 is 15.9 Å². The fourth-order valence-electron chi connectivity index (χ4n) is 3.06. The average Bonchev–Trinajstić information content (AvgIpc) is 2.67. The van der Waals surface area contributed by atoms with Gasteiger partial charge in [0.15, 0.2) is 0 Å². The van der Waals surface area contributed by atoms with E-state index in [1.807, 2.05) is 0 Å². The normalized spacial score (nSPS) is 15.8. The summed E-state index contributed by atoms with van der Waals surface area (Å²) in [6.45, 7) is 1.31. The maximum atomic E-state index is 13.8. The molecule has 138 valence electrons. The van der Waals surface area contributed by atoms with Crippen LogP contribution in [0.4, 0.5) is 4.39 Å². The van der Waals surface area contributed by atoms with Crippen molar-refractivity contribution in [3.8, 4) is 0 Å². The first-order valence-electron chi connectivity index (χ1n) is 8.56. The number of hydrogen-bond donors (Lipinski definition) is 1. The van der Waals surface area contributed by atoms with Gasteiger partial charge in [-0.15, -0.1) is 0 Å². The largest absolute Gasteiger partial charge is 0.339 e. The molecule has 3 rings (SSSR count). The molecule has 1 aliphatic heterocycles. The van der Waals surface area contributed by atoms with Crippen molar-refractivity contribution in [1.82, 2.24) is 9.62 Å². The first-order chi connectivity index (χ1) is 12.5. The number of hydrogen-bond acceptors (Lipinski definition) is 3. The minimum absolute atomic E-state index is 0.0794. The highest BCUT2D eigenvalue weighted by molar-refractivity contribution is 7.89. The highest BCUT2D eigenvalue weighted by atomic mass is 32.2. The molecule has 1 amide bonds. The second kappa shape index (κ2) is 7.97. The molecule has 0 spiro atoms. The summed E-state index contributed by atoms with van der Waals surface area (Å²) in [6.07, 6.45) is 1.36. The molecule has 5 nitrogen and oxygen atoms in total. The maximum absolute atomic E-state index is 13.8. The van der Waals surface area contributed by atoms with Crippen molar-refractivity contribution in [2.75, 3.05) is 19.6 Å². The van der Waals surface area contributed by atoms with Crippen molar-refractivity contribution in [2.24, 2.45) is 5.92 Å². The standard InChI is InChI=1S/C19H21FN2O3S/c20-18-9-5-4-8-17(18)19(23)22-12-10-15(11-13-22)14-21-26(24,25)16-6-2-1-3-7-16/h1-9,15,21H,10-14H2. The second-order valence-corrected chi connectivity index (χ2v) is 8.15. The summed E-state index contributed by atoms with van der Waals surface area (Å²) >= 11 is 0. The summed E-state index contributed by atoms with van der Waals surface area (Å²) in [5.74, 6) is -0.681. The molecule has 2 aromatic carbocycles. The van der Waals surface area contributed by atoms with Crippen LogP contribution in [-0.4, -0.2) is 38.9 Å². The van der Waals surface area contributed by atoms with E-state index in [0.717, 1.165) is 0 Å². The molecular weight excluding hydrogens is 355 g/mol. The summed E-state index contributed by atoms with van der Waals surface area (Å²) in [6, 6.07) is 14.2. The van der Waals surface area contributed by atoms with E-state index >= 15 is 0 Å². The van der Waals surface area contributed by atoms with Gasteiger partial charge in [-0.05, 0) is 43.0 Å². The van der Waals surface area contributed by atoms with E-state index in [1.165, 1.54) is 12.1 Å². The van der Waals surface area contributed by atoms with Crippen LogP contribution in [0.15, 0.2) is 59.5 Å². The number of halogens is 1. The number of nitrogens with zero attached hydrogens (tertiary/aromatic N) is 1. The van der Waals surface area contributed by atoms with Gasteiger partial charge in [0, 0.05) is 19.6 Å². The number of likely N-dealkylation sites (tertiary alicyclic amines) is 1. The number of amides is 1. The Morgan fingerprint density at radius 3 is 2.31 bits per heavy atom. The third-order valence-corrected chi connectivity index (χ3v) is 6.06. The van der Waals surface area contributed by atoms with Crippen LogP contribution in [0, 0.1) is 11.7 Å². The van der Waals surface area contributed by atoms with Crippen molar-refractivity contribution < 1.29 is 17.6 Å². The number of nitrogens with one attached hydrogen (secondary N) is 1. The number of sulfonamides is 1. The number of benzene rings is 2. The monoisotopic (exact) mass is 376 g/mol. The van der Waals surface area contributed by atoms with Crippen LogP contribution in [0.25, 0.3) is 0 Å². The maximum Gasteiger partial charge on any atom is 0.256 e. The molecule has 26 heavy (non-hydrogen) atoms. The molecule has 0 bridgehead atoms. The van der Waals surface area contributed by atoms with E-state index in [-0.39, 0.29) is 22.3 Å². The van der Waals surface area contributed by atoms with Gasteiger partial charge in [-0.2, -0.15) is 0 Å². The Morgan fingerprint density at radius 2 is 1.65 bits per heavy atom. The molecule has 0 atom stereocenters. The van der Waals surface area contributed by atoms with Gasteiger partial charge in [0.25, 0.3) is 5.91 Å². The lowest BCUT2D eigenvalue weighted by atomic mass is 9.96. The van der Waals surface area contributed by atoms with Gasteiger partial charge in [0.2, 0.25) is 10.0 Å². The van der Waals surface area contributed by atoms with Crippen molar-refractivity contribution in [2.45, 2.75) is 17.7 Å². The van der Waals surface area contributed by atoms with E-state index < -0.39 is 15.8 Å².